The third-order valence-electron chi connectivity index (χ3n) is 5.52. The molecule has 6 nitrogen and oxygen atoms in total. The van der Waals surface area contributed by atoms with Gasteiger partial charge in [0, 0.05) is 50.5 Å². The molecule has 2 fully saturated rings. The van der Waals surface area contributed by atoms with Crippen LogP contribution in [0.5, 0.6) is 0 Å². The van der Waals surface area contributed by atoms with Gasteiger partial charge in [-0.3, -0.25) is 4.99 Å². The normalized spacial score (nSPS) is 19.1. The molecule has 27 heavy (non-hydrogen) atoms. The number of guanidine groups is 1. The molecule has 2 aliphatic rings. The van der Waals surface area contributed by atoms with Gasteiger partial charge in [0.25, 0.3) is 0 Å². The van der Waals surface area contributed by atoms with Crippen LogP contribution in [-0.4, -0.2) is 60.1 Å². The van der Waals surface area contributed by atoms with Crippen LogP contribution < -0.4 is 10.2 Å². The summed E-state index contributed by atoms with van der Waals surface area (Å²) in [7, 11) is 0. The van der Waals surface area contributed by atoms with E-state index in [1.165, 1.54) is 18.4 Å². The average Bonchev–Trinajstić information content (AvgIpc) is 3.54. The Labute approximate surface area is 161 Å². The number of hydrogen-bond donors (Lipinski definition) is 1. The highest BCUT2D eigenvalue weighted by molar-refractivity contribution is 5.80. The number of rotatable bonds is 5. The fourth-order valence-electron chi connectivity index (χ4n) is 3.71. The van der Waals surface area contributed by atoms with E-state index in [-0.39, 0.29) is 5.41 Å². The summed E-state index contributed by atoms with van der Waals surface area (Å²) < 4.78 is 0. The first-order valence-corrected chi connectivity index (χ1v) is 9.91. The van der Waals surface area contributed by atoms with Crippen molar-refractivity contribution in [3.05, 3.63) is 54.4 Å². The quantitative estimate of drug-likeness (QED) is 0.652. The number of nitrogens with zero attached hydrogens (tertiary/aromatic N) is 5. The van der Waals surface area contributed by atoms with Crippen molar-refractivity contribution < 1.29 is 0 Å². The Morgan fingerprint density at radius 1 is 1.04 bits per heavy atom. The Morgan fingerprint density at radius 3 is 2.37 bits per heavy atom. The van der Waals surface area contributed by atoms with Crippen molar-refractivity contribution >= 4 is 11.9 Å². The number of anilines is 1. The summed E-state index contributed by atoms with van der Waals surface area (Å²) in [5.41, 5.74) is 1.68. The van der Waals surface area contributed by atoms with Gasteiger partial charge in [-0.05, 0) is 31.4 Å². The molecule has 2 heterocycles. The van der Waals surface area contributed by atoms with Crippen LogP contribution in [0.4, 0.5) is 5.95 Å². The summed E-state index contributed by atoms with van der Waals surface area (Å²) in [6.07, 6.45) is 6.08. The zero-order valence-corrected chi connectivity index (χ0v) is 16.0. The van der Waals surface area contributed by atoms with Gasteiger partial charge in [-0.15, -0.1) is 0 Å². The molecular formula is C21H28N6. The third kappa shape index (κ3) is 4.04. The average molecular weight is 364 g/mol. The van der Waals surface area contributed by atoms with Crippen molar-refractivity contribution in [2.75, 3.05) is 44.2 Å². The van der Waals surface area contributed by atoms with Gasteiger partial charge >= 0.3 is 0 Å². The van der Waals surface area contributed by atoms with Crippen LogP contribution in [0.2, 0.25) is 0 Å². The maximum atomic E-state index is 5.03. The van der Waals surface area contributed by atoms with E-state index in [1.807, 2.05) is 6.07 Å². The molecule has 2 aromatic rings. The standard InChI is InChI=1S/C21H28N6/c1-2-22-19(25-17-21(9-10-21)18-7-4-3-5-8-18)26-13-15-27(16-14-26)20-23-11-6-12-24-20/h3-8,11-12H,2,9-10,13-17H2,1H3,(H,22,25). The zero-order chi connectivity index (χ0) is 18.5. The van der Waals surface area contributed by atoms with Crippen molar-refractivity contribution in [2.24, 2.45) is 4.99 Å². The topological polar surface area (TPSA) is 56.7 Å². The molecule has 0 amide bonds. The van der Waals surface area contributed by atoms with Crippen LogP contribution in [0.3, 0.4) is 0 Å². The Hall–Kier alpha value is -2.63. The summed E-state index contributed by atoms with van der Waals surface area (Å²) in [5.74, 6) is 1.86. The molecule has 1 aliphatic carbocycles. The lowest BCUT2D eigenvalue weighted by molar-refractivity contribution is 0.369. The molecule has 1 N–H and O–H groups in total. The van der Waals surface area contributed by atoms with E-state index in [2.05, 4.69) is 62.3 Å². The molecular weight excluding hydrogens is 336 g/mol. The smallest absolute Gasteiger partial charge is 0.225 e. The summed E-state index contributed by atoms with van der Waals surface area (Å²) in [6.45, 7) is 7.58. The Bertz CT molecular complexity index is 749. The summed E-state index contributed by atoms with van der Waals surface area (Å²) in [5, 5.41) is 3.48. The second-order valence-corrected chi connectivity index (χ2v) is 7.34. The second-order valence-electron chi connectivity index (χ2n) is 7.34. The minimum Gasteiger partial charge on any atom is -0.357 e. The fraction of sp³-hybridized carbons (Fsp3) is 0.476. The predicted octanol–water partition coefficient (Wildman–Crippen LogP) is 2.30. The SMILES string of the molecule is CCNC(=NCC1(c2ccccc2)CC1)N1CCN(c2ncccn2)CC1. The molecule has 1 saturated heterocycles. The van der Waals surface area contributed by atoms with Crippen LogP contribution in [0.15, 0.2) is 53.8 Å². The van der Waals surface area contributed by atoms with E-state index in [0.717, 1.165) is 51.2 Å². The van der Waals surface area contributed by atoms with Gasteiger partial charge in [0.15, 0.2) is 5.96 Å². The Morgan fingerprint density at radius 2 is 1.74 bits per heavy atom. The number of aromatic nitrogens is 2. The highest BCUT2D eigenvalue weighted by Gasteiger charge is 2.44. The minimum atomic E-state index is 0.252. The number of piperazine rings is 1. The van der Waals surface area contributed by atoms with Crippen molar-refractivity contribution in [1.29, 1.82) is 0 Å². The zero-order valence-electron chi connectivity index (χ0n) is 16.0. The van der Waals surface area contributed by atoms with Crippen LogP contribution in [0, 0.1) is 0 Å². The van der Waals surface area contributed by atoms with Crippen molar-refractivity contribution in [1.82, 2.24) is 20.2 Å². The minimum absolute atomic E-state index is 0.252. The number of aliphatic imine (C=N–C) groups is 1. The lowest BCUT2D eigenvalue weighted by Crippen LogP contribution is -2.53. The van der Waals surface area contributed by atoms with Crippen molar-refractivity contribution in [3.8, 4) is 0 Å². The highest BCUT2D eigenvalue weighted by atomic mass is 15.4. The van der Waals surface area contributed by atoms with E-state index in [4.69, 9.17) is 4.99 Å². The van der Waals surface area contributed by atoms with Gasteiger partial charge < -0.3 is 15.1 Å². The maximum Gasteiger partial charge on any atom is 0.225 e. The highest BCUT2D eigenvalue weighted by Crippen LogP contribution is 2.48. The summed E-state index contributed by atoms with van der Waals surface area (Å²) in [4.78, 5) is 18.4. The number of hydrogen-bond acceptors (Lipinski definition) is 4. The molecule has 0 bridgehead atoms. The molecule has 1 aromatic heterocycles. The maximum absolute atomic E-state index is 5.03. The third-order valence-corrected chi connectivity index (χ3v) is 5.52. The van der Waals surface area contributed by atoms with Crippen molar-refractivity contribution in [2.45, 2.75) is 25.2 Å². The van der Waals surface area contributed by atoms with Gasteiger partial charge in [-0.25, -0.2) is 9.97 Å². The van der Waals surface area contributed by atoms with Gasteiger partial charge in [0.05, 0.1) is 6.54 Å². The first-order valence-electron chi connectivity index (χ1n) is 9.91. The van der Waals surface area contributed by atoms with Gasteiger partial charge in [-0.2, -0.15) is 0 Å². The van der Waals surface area contributed by atoms with Gasteiger partial charge in [0.1, 0.15) is 0 Å². The number of benzene rings is 1. The van der Waals surface area contributed by atoms with Crippen LogP contribution >= 0.6 is 0 Å². The lowest BCUT2D eigenvalue weighted by atomic mass is 9.96. The van der Waals surface area contributed by atoms with Crippen LogP contribution in [0.1, 0.15) is 25.3 Å². The largest absolute Gasteiger partial charge is 0.357 e. The first kappa shape index (κ1) is 17.8. The van der Waals surface area contributed by atoms with E-state index in [0.29, 0.717) is 0 Å². The Balaban J connectivity index is 1.40. The van der Waals surface area contributed by atoms with Gasteiger partial charge in [0.2, 0.25) is 5.95 Å². The van der Waals surface area contributed by atoms with E-state index < -0.39 is 0 Å². The summed E-state index contributed by atoms with van der Waals surface area (Å²) >= 11 is 0. The second kappa shape index (κ2) is 7.94. The molecule has 1 aromatic carbocycles. The first-order chi connectivity index (χ1) is 13.3. The fourth-order valence-corrected chi connectivity index (χ4v) is 3.71. The molecule has 4 rings (SSSR count). The lowest BCUT2D eigenvalue weighted by Gasteiger charge is -2.36. The van der Waals surface area contributed by atoms with E-state index >= 15 is 0 Å². The monoisotopic (exact) mass is 364 g/mol. The molecule has 1 saturated carbocycles. The van der Waals surface area contributed by atoms with Crippen molar-refractivity contribution in [3.63, 3.8) is 0 Å². The van der Waals surface area contributed by atoms with E-state index in [9.17, 15) is 0 Å². The van der Waals surface area contributed by atoms with Crippen LogP contribution in [0.25, 0.3) is 0 Å². The molecule has 0 atom stereocenters. The molecule has 0 spiro atoms. The Kier molecular flexibility index (Phi) is 5.23. The molecule has 0 radical (unpaired) electrons. The number of nitrogens with one attached hydrogen (secondary N) is 1. The molecule has 0 unspecified atom stereocenters. The van der Waals surface area contributed by atoms with Gasteiger partial charge in [-0.1, -0.05) is 30.3 Å². The summed E-state index contributed by atoms with van der Waals surface area (Å²) in [6, 6.07) is 12.7. The predicted molar refractivity (Wildman–Crippen MR) is 109 cm³/mol. The molecule has 1 aliphatic heterocycles. The van der Waals surface area contributed by atoms with Crippen LogP contribution in [-0.2, 0) is 5.41 Å². The molecule has 142 valence electrons. The van der Waals surface area contributed by atoms with E-state index in [1.54, 1.807) is 12.4 Å². The molecule has 6 heteroatoms.